The lowest BCUT2D eigenvalue weighted by molar-refractivity contribution is -0.145. The third-order valence-electron chi connectivity index (χ3n) is 3.64. The Labute approximate surface area is 136 Å². The fourth-order valence-electron chi connectivity index (χ4n) is 2.35. The van der Waals surface area contributed by atoms with E-state index in [1.807, 2.05) is 0 Å². The summed E-state index contributed by atoms with van der Waals surface area (Å²) in [4.78, 5) is 28.4. The highest BCUT2D eigenvalue weighted by Gasteiger charge is 2.32. The number of nitrogens with zero attached hydrogens (tertiary/aromatic N) is 1. The highest BCUT2D eigenvalue weighted by molar-refractivity contribution is 5.97. The van der Waals surface area contributed by atoms with Gasteiger partial charge in [-0.3, -0.25) is 4.79 Å². The third-order valence-corrected chi connectivity index (χ3v) is 3.64. The second kappa shape index (κ2) is 6.77. The minimum Gasteiger partial charge on any atom is -0.467 e. The van der Waals surface area contributed by atoms with Gasteiger partial charge in [0, 0.05) is 18.9 Å². The molecule has 5 nitrogen and oxygen atoms in total. The van der Waals surface area contributed by atoms with E-state index < -0.39 is 35.4 Å². The van der Waals surface area contributed by atoms with Crippen molar-refractivity contribution in [1.82, 2.24) is 9.88 Å². The number of hydrogen-bond acceptors (Lipinski definition) is 3. The molecular weight excluding hydrogens is 325 g/mol. The summed E-state index contributed by atoms with van der Waals surface area (Å²) >= 11 is 0. The molecular formula is C16H15F3N2O3. The topological polar surface area (TPSA) is 62.4 Å². The van der Waals surface area contributed by atoms with E-state index in [4.69, 9.17) is 0 Å². The summed E-state index contributed by atoms with van der Waals surface area (Å²) in [6.45, 7) is 1.66. The van der Waals surface area contributed by atoms with E-state index in [0.29, 0.717) is 17.8 Å². The van der Waals surface area contributed by atoms with Crippen LogP contribution < -0.4 is 0 Å². The smallest absolute Gasteiger partial charge is 0.333 e. The fourth-order valence-corrected chi connectivity index (χ4v) is 2.35. The minimum atomic E-state index is -1.65. The Hall–Kier alpha value is -2.77. The molecule has 24 heavy (non-hydrogen) atoms. The maximum atomic E-state index is 13.5. The fraction of sp³-hybridized carbons (Fsp3) is 0.250. The van der Waals surface area contributed by atoms with E-state index in [0.717, 1.165) is 12.0 Å². The molecule has 0 saturated carbocycles. The van der Waals surface area contributed by atoms with Crippen molar-refractivity contribution in [1.29, 1.82) is 0 Å². The van der Waals surface area contributed by atoms with Crippen LogP contribution in [0.4, 0.5) is 13.2 Å². The SMILES string of the molecule is COC(=O)[C@@H](c1cc(F)c(F)c(F)c1)N(C)C(=O)c1cc[nH]c1C. The Morgan fingerprint density at radius 2 is 1.79 bits per heavy atom. The van der Waals surface area contributed by atoms with Gasteiger partial charge in [-0.25, -0.2) is 18.0 Å². The van der Waals surface area contributed by atoms with E-state index in [1.54, 1.807) is 13.1 Å². The molecule has 2 aromatic rings. The number of halogens is 3. The average molecular weight is 340 g/mol. The second-order valence-electron chi connectivity index (χ2n) is 5.16. The highest BCUT2D eigenvalue weighted by Crippen LogP contribution is 2.26. The molecule has 0 aliphatic heterocycles. The number of H-pyrrole nitrogens is 1. The molecule has 1 aromatic heterocycles. The number of rotatable bonds is 4. The quantitative estimate of drug-likeness (QED) is 0.688. The molecule has 0 aliphatic carbocycles. The van der Waals surface area contributed by atoms with Gasteiger partial charge in [0.05, 0.1) is 12.7 Å². The molecule has 1 aromatic carbocycles. The molecule has 1 heterocycles. The minimum absolute atomic E-state index is 0.234. The van der Waals surface area contributed by atoms with E-state index >= 15 is 0 Å². The van der Waals surface area contributed by atoms with Crippen molar-refractivity contribution < 1.29 is 27.5 Å². The van der Waals surface area contributed by atoms with Gasteiger partial charge >= 0.3 is 5.97 Å². The summed E-state index contributed by atoms with van der Waals surface area (Å²) in [7, 11) is 2.36. The van der Waals surface area contributed by atoms with Crippen molar-refractivity contribution in [3.8, 4) is 0 Å². The maximum Gasteiger partial charge on any atom is 0.333 e. The summed E-state index contributed by atoms with van der Waals surface area (Å²) in [5, 5.41) is 0. The van der Waals surface area contributed by atoms with Gasteiger partial charge in [-0.2, -0.15) is 0 Å². The summed E-state index contributed by atoms with van der Waals surface area (Å²) in [6, 6.07) is 1.40. The Bertz CT molecular complexity index is 766. The van der Waals surface area contributed by atoms with E-state index in [9.17, 15) is 22.8 Å². The highest BCUT2D eigenvalue weighted by atomic mass is 19.2. The number of esters is 1. The Morgan fingerprint density at radius 1 is 1.21 bits per heavy atom. The molecule has 1 N–H and O–H groups in total. The number of carbonyl (C=O) groups excluding carboxylic acids is 2. The van der Waals surface area contributed by atoms with Crippen molar-refractivity contribution >= 4 is 11.9 Å². The standard InChI is InChI=1S/C16H15F3N2O3/c1-8-10(4-5-20-8)15(22)21(2)14(16(23)24-3)9-6-11(17)13(19)12(18)7-9/h4-7,14,20H,1-3H3/t14-/m1/s1. The molecule has 0 aliphatic rings. The molecule has 0 radical (unpaired) electrons. The monoisotopic (exact) mass is 340 g/mol. The van der Waals surface area contributed by atoms with Gasteiger partial charge in [0.15, 0.2) is 23.5 Å². The molecule has 1 atom stereocenters. The molecule has 0 saturated heterocycles. The average Bonchev–Trinajstić information content (AvgIpc) is 2.97. The lowest BCUT2D eigenvalue weighted by Gasteiger charge is -2.26. The van der Waals surface area contributed by atoms with Gasteiger partial charge in [0.25, 0.3) is 5.91 Å². The first kappa shape index (κ1) is 17.6. The first-order valence-electron chi connectivity index (χ1n) is 6.91. The van der Waals surface area contributed by atoms with Crippen LogP contribution in [0.3, 0.4) is 0 Å². The predicted molar refractivity (Wildman–Crippen MR) is 78.7 cm³/mol. The number of aryl methyl sites for hydroxylation is 1. The van der Waals surface area contributed by atoms with Crippen LogP contribution >= 0.6 is 0 Å². The van der Waals surface area contributed by atoms with Gasteiger partial charge in [-0.05, 0) is 30.7 Å². The van der Waals surface area contributed by atoms with Crippen LogP contribution in [-0.4, -0.2) is 35.9 Å². The first-order valence-corrected chi connectivity index (χ1v) is 6.91. The summed E-state index contributed by atoms with van der Waals surface area (Å²) in [5.41, 5.74) is 0.615. The van der Waals surface area contributed by atoms with Crippen molar-refractivity contribution in [3.63, 3.8) is 0 Å². The number of benzene rings is 1. The predicted octanol–water partition coefficient (Wildman–Crippen LogP) is 2.73. The van der Waals surface area contributed by atoms with Crippen molar-refractivity contribution in [2.24, 2.45) is 0 Å². The van der Waals surface area contributed by atoms with Crippen LogP contribution in [0.5, 0.6) is 0 Å². The Morgan fingerprint density at radius 3 is 2.25 bits per heavy atom. The number of ether oxygens (including phenoxy) is 1. The van der Waals surface area contributed by atoms with Gasteiger partial charge < -0.3 is 14.6 Å². The molecule has 8 heteroatoms. The normalized spacial score (nSPS) is 11.9. The number of hydrogen-bond donors (Lipinski definition) is 1. The molecule has 2 rings (SSSR count). The largest absolute Gasteiger partial charge is 0.467 e. The van der Waals surface area contributed by atoms with E-state index in [2.05, 4.69) is 9.72 Å². The maximum absolute atomic E-state index is 13.5. The van der Waals surface area contributed by atoms with Crippen LogP contribution in [0, 0.1) is 24.4 Å². The molecule has 0 unspecified atom stereocenters. The second-order valence-corrected chi connectivity index (χ2v) is 5.16. The molecule has 128 valence electrons. The van der Waals surface area contributed by atoms with Crippen LogP contribution in [0.2, 0.25) is 0 Å². The number of methoxy groups -OCH3 is 1. The van der Waals surface area contributed by atoms with Crippen molar-refractivity contribution in [2.45, 2.75) is 13.0 Å². The van der Waals surface area contributed by atoms with Gasteiger partial charge in [0.1, 0.15) is 0 Å². The number of likely N-dealkylation sites (N-methyl/N-ethyl adjacent to an activating group) is 1. The summed E-state index contributed by atoms with van der Waals surface area (Å²) < 4.78 is 44.7. The Kier molecular flexibility index (Phi) is 4.96. The van der Waals surface area contributed by atoms with Crippen molar-refractivity contribution in [2.75, 3.05) is 14.2 Å². The van der Waals surface area contributed by atoms with Crippen LogP contribution in [0.1, 0.15) is 27.7 Å². The van der Waals surface area contributed by atoms with Crippen LogP contribution in [-0.2, 0) is 9.53 Å². The zero-order chi connectivity index (χ0) is 18.0. The van der Waals surface area contributed by atoms with E-state index in [-0.39, 0.29) is 11.1 Å². The Balaban J connectivity index is 2.48. The zero-order valence-corrected chi connectivity index (χ0v) is 13.2. The van der Waals surface area contributed by atoms with E-state index in [1.165, 1.54) is 13.1 Å². The van der Waals surface area contributed by atoms with Gasteiger partial charge in [0.2, 0.25) is 0 Å². The van der Waals surface area contributed by atoms with Crippen molar-refractivity contribution in [3.05, 3.63) is 58.7 Å². The summed E-state index contributed by atoms with van der Waals surface area (Å²) in [6.07, 6.45) is 1.54. The molecule has 0 spiro atoms. The number of amides is 1. The lowest BCUT2D eigenvalue weighted by atomic mass is 10.0. The molecule has 0 fully saturated rings. The zero-order valence-electron chi connectivity index (χ0n) is 13.2. The van der Waals surface area contributed by atoms with Crippen LogP contribution in [0.15, 0.2) is 24.4 Å². The lowest BCUT2D eigenvalue weighted by Crippen LogP contribution is -2.37. The van der Waals surface area contributed by atoms with Crippen LogP contribution in [0.25, 0.3) is 0 Å². The van der Waals surface area contributed by atoms with Gasteiger partial charge in [-0.1, -0.05) is 0 Å². The number of carbonyl (C=O) groups is 2. The number of aromatic nitrogens is 1. The first-order chi connectivity index (χ1) is 11.3. The third kappa shape index (κ3) is 3.12. The molecule has 0 bridgehead atoms. The number of nitrogens with one attached hydrogen (secondary N) is 1. The molecule has 1 amide bonds. The van der Waals surface area contributed by atoms with Gasteiger partial charge in [-0.15, -0.1) is 0 Å². The number of aromatic amines is 1. The summed E-state index contributed by atoms with van der Waals surface area (Å²) in [5.74, 6) is -6.05.